The van der Waals surface area contributed by atoms with Crippen LogP contribution >= 0.6 is 0 Å². The first-order valence-corrected chi connectivity index (χ1v) is 8.28. The van der Waals surface area contributed by atoms with Crippen LogP contribution in [0.15, 0.2) is 42.7 Å². The summed E-state index contributed by atoms with van der Waals surface area (Å²) in [6, 6.07) is 10.1. The van der Waals surface area contributed by atoms with Crippen molar-refractivity contribution in [2.45, 2.75) is 26.3 Å². The van der Waals surface area contributed by atoms with Crippen LogP contribution in [0.4, 0.5) is 17.6 Å². The predicted molar refractivity (Wildman–Crippen MR) is 99.3 cm³/mol. The lowest BCUT2D eigenvalue weighted by Gasteiger charge is -2.15. The van der Waals surface area contributed by atoms with Crippen molar-refractivity contribution in [1.29, 1.82) is 0 Å². The third kappa shape index (κ3) is 4.32. The summed E-state index contributed by atoms with van der Waals surface area (Å²) in [6.07, 6.45) is 3.73. The first kappa shape index (κ1) is 16.9. The molecule has 0 bridgehead atoms. The van der Waals surface area contributed by atoms with Crippen LogP contribution in [0.25, 0.3) is 0 Å². The summed E-state index contributed by atoms with van der Waals surface area (Å²) in [7, 11) is 3.85. The molecule has 0 saturated heterocycles. The highest BCUT2D eigenvalue weighted by Crippen LogP contribution is 2.19. The van der Waals surface area contributed by atoms with Gasteiger partial charge in [-0.25, -0.2) is 0 Å². The van der Waals surface area contributed by atoms with Crippen LogP contribution in [0.2, 0.25) is 0 Å². The van der Waals surface area contributed by atoms with Gasteiger partial charge in [-0.3, -0.25) is 4.68 Å². The van der Waals surface area contributed by atoms with E-state index in [0.717, 1.165) is 23.6 Å². The average Bonchev–Trinajstić information content (AvgIpc) is 3.07. The van der Waals surface area contributed by atoms with Crippen molar-refractivity contribution in [1.82, 2.24) is 24.7 Å². The molecule has 0 aliphatic carbocycles. The van der Waals surface area contributed by atoms with E-state index in [1.54, 1.807) is 6.20 Å². The van der Waals surface area contributed by atoms with E-state index in [9.17, 15) is 0 Å². The molecular weight excluding hydrogens is 314 g/mol. The normalized spacial score (nSPS) is 10.9. The Morgan fingerprint density at radius 2 is 1.96 bits per heavy atom. The zero-order valence-corrected chi connectivity index (χ0v) is 15.0. The maximum atomic E-state index is 4.54. The number of rotatable bonds is 6. The van der Waals surface area contributed by atoms with Crippen molar-refractivity contribution in [3.63, 3.8) is 0 Å². The van der Waals surface area contributed by atoms with Gasteiger partial charge in [-0.2, -0.15) is 20.1 Å². The Morgan fingerprint density at radius 3 is 2.64 bits per heavy atom. The van der Waals surface area contributed by atoms with Gasteiger partial charge in [0.1, 0.15) is 5.82 Å². The molecule has 3 aromatic rings. The molecule has 2 heterocycles. The molecule has 0 radical (unpaired) electrons. The number of nitrogens with one attached hydrogen (secondary N) is 1. The van der Waals surface area contributed by atoms with Gasteiger partial charge in [0.15, 0.2) is 0 Å². The molecule has 0 atom stereocenters. The Hall–Kier alpha value is -2.96. The number of nitrogens with zero attached hydrogens (tertiary/aromatic N) is 6. The molecule has 1 aromatic carbocycles. The molecular formula is C18H23N7. The maximum Gasteiger partial charge on any atom is 0.232 e. The van der Waals surface area contributed by atoms with Crippen molar-refractivity contribution < 1.29 is 0 Å². The van der Waals surface area contributed by atoms with E-state index in [4.69, 9.17) is 0 Å². The van der Waals surface area contributed by atoms with Crippen LogP contribution < -0.4 is 10.2 Å². The molecule has 0 amide bonds. The van der Waals surface area contributed by atoms with Crippen molar-refractivity contribution in [3.8, 4) is 0 Å². The zero-order valence-electron chi connectivity index (χ0n) is 15.0. The molecule has 2 aromatic heterocycles. The fourth-order valence-corrected chi connectivity index (χ4v) is 2.35. The smallest absolute Gasteiger partial charge is 0.232 e. The third-order valence-corrected chi connectivity index (χ3v) is 3.64. The summed E-state index contributed by atoms with van der Waals surface area (Å²) < 4.78 is 1.89. The van der Waals surface area contributed by atoms with Crippen LogP contribution in [-0.2, 0) is 6.54 Å². The van der Waals surface area contributed by atoms with Gasteiger partial charge in [-0.15, -0.1) is 0 Å². The lowest BCUT2D eigenvalue weighted by molar-refractivity contribution is 0.687. The molecule has 25 heavy (non-hydrogen) atoms. The van der Waals surface area contributed by atoms with Crippen molar-refractivity contribution >= 4 is 17.6 Å². The van der Waals surface area contributed by atoms with Gasteiger partial charge in [0, 0.05) is 38.1 Å². The van der Waals surface area contributed by atoms with Gasteiger partial charge in [0.05, 0.1) is 6.54 Å². The van der Waals surface area contributed by atoms with Crippen LogP contribution in [0, 0.1) is 0 Å². The summed E-state index contributed by atoms with van der Waals surface area (Å²) in [6.45, 7) is 4.87. The van der Waals surface area contributed by atoms with E-state index in [-0.39, 0.29) is 5.92 Å². The van der Waals surface area contributed by atoms with E-state index < -0.39 is 0 Å². The second-order valence-corrected chi connectivity index (χ2v) is 6.40. The fourth-order valence-electron chi connectivity index (χ4n) is 2.35. The monoisotopic (exact) mass is 337 g/mol. The number of hydrogen-bond donors (Lipinski definition) is 1. The lowest BCUT2D eigenvalue weighted by atomic mass is 10.2. The number of benzene rings is 1. The number of anilines is 3. The van der Waals surface area contributed by atoms with E-state index in [0.29, 0.717) is 11.9 Å². The third-order valence-electron chi connectivity index (χ3n) is 3.64. The first-order chi connectivity index (χ1) is 12.0. The van der Waals surface area contributed by atoms with Gasteiger partial charge >= 0.3 is 0 Å². The first-order valence-electron chi connectivity index (χ1n) is 8.28. The van der Waals surface area contributed by atoms with Crippen LogP contribution in [0.5, 0.6) is 0 Å². The van der Waals surface area contributed by atoms with E-state index >= 15 is 0 Å². The zero-order chi connectivity index (χ0) is 17.8. The Balaban J connectivity index is 1.84. The van der Waals surface area contributed by atoms with E-state index in [1.165, 1.54) is 0 Å². The van der Waals surface area contributed by atoms with Gasteiger partial charge in [0.25, 0.3) is 0 Å². The lowest BCUT2D eigenvalue weighted by Crippen LogP contribution is -2.16. The second kappa shape index (κ2) is 7.29. The van der Waals surface area contributed by atoms with Crippen molar-refractivity contribution in [2.75, 3.05) is 24.3 Å². The van der Waals surface area contributed by atoms with Gasteiger partial charge in [0.2, 0.25) is 11.9 Å². The van der Waals surface area contributed by atoms with Crippen LogP contribution in [0.3, 0.4) is 0 Å². The molecule has 0 aliphatic rings. The van der Waals surface area contributed by atoms with Crippen molar-refractivity contribution in [3.05, 3.63) is 54.1 Å². The van der Waals surface area contributed by atoms with Gasteiger partial charge < -0.3 is 10.2 Å². The second-order valence-electron chi connectivity index (χ2n) is 6.40. The highest BCUT2D eigenvalue weighted by atomic mass is 15.3. The van der Waals surface area contributed by atoms with Crippen LogP contribution in [-0.4, -0.2) is 38.8 Å². The molecule has 1 N–H and O–H groups in total. The summed E-state index contributed by atoms with van der Waals surface area (Å²) >= 11 is 0. The predicted octanol–water partition coefficient (Wildman–Crippen LogP) is 3.05. The Bertz CT molecular complexity index is 799. The minimum Gasteiger partial charge on any atom is -0.347 e. The van der Waals surface area contributed by atoms with Crippen LogP contribution in [0.1, 0.15) is 31.2 Å². The van der Waals surface area contributed by atoms with Gasteiger partial charge in [-0.1, -0.05) is 26.0 Å². The highest BCUT2D eigenvalue weighted by Gasteiger charge is 2.11. The minimum absolute atomic E-state index is 0.230. The Kier molecular flexibility index (Phi) is 4.92. The van der Waals surface area contributed by atoms with E-state index in [2.05, 4.69) is 51.3 Å². The standard InChI is InChI=1S/C18H23N7/c1-13(2)16-21-17(23-18(22-16)24(3)4)20-15-8-5-7-14(11-15)12-25-10-6-9-19-25/h5-11,13H,12H2,1-4H3,(H,20,21,22,23). The average molecular weight is 337 g/mol. The molecule has 0 saturated carbocycles. The molecule has 0 aliphatic heterocycles. The van der Waals surface area contributed by atoms with E-state index in [1.807, 2.05) is 48.1 Å². The topological polar surface area (TPSA) is 71.8 Å². The molecule has 130 valence electrons. The number of hydrogen-bond acceptors (Lipinski definition) is 6. The minimum atomic E-state index is 0.230. The van der Waals surface area contributed by atoms with Crippen molar-refractivity contribution in [2.24, 2.45) is 0 Å². The summed E-state index contributed by atoms with van der Waals surface area (Å²) in [5.74, 6) is 2.20. The molecule has 0 spiro atoms. The molecule has 3 rings (SSSR count). The van der Waals surface area contributed by atoms with Gasteiger partial charge in [-0.05, 0) is 23.8 Å². The highest BCUT2D eigenvalue weighted by molar-refractivity contribution is 5.55. The fraction of sp³-hybridized carbons (Fsp3) is 0.333. The Morgan fingerprint density at radius 1 is 1.12 bits per heavy atom. The Labute approximate surface area is 147 Å². The molecule has 7 nitrogen and oxygen atoms in total. The maximum absolute atomic E-state index is 4.54. The summed E-state index contributed by atoms with van der Waals surface area (Å²) in [5.41, 5.74) is 2.09. The largest absolute Gasteiger partial charge is 0.347 e. The SMILES string of the molecule is CC(C)c1nc(Nc2cccc(Cn3cccn3)c2)nc(N(C)C)n1. The summed E-state index contributed by atoms with van der Waals surface area (Å²) in [4.78, 5) is 15.4. The quantitative estimate of drug-likeness (QED) is 0.745. The summed E-state index contributed by atoms with van der Waals surface area (Å²) in [5, 5.41) is 7.54. The molecule has 0 unspecified atom stereocenters. The molecule has 0 fully saturated rings. The molecule has 7 heteroatoms. The number of aromatic nitrogens is 5.